The molecule has 1 aliphatic rings. The van der Waals surface area contributed by atoms with Gasteiger partial charge in [-0.3, -0.25) is 0 Å². The van der Waals surface area contributed by atoms with E-state index in [1.165, 1.54) is 49.0 Å². The van der Waals surface area contributed by atoms with Crippen LogP contribution in [0.2, 0.25) is 0 Å². The predicted octanol–water partition coefficient (Wildman–Crippen LogP) is 6.02. The third-order valence-electron chi connectivity index (χ3n) is 4.67. The lowest BCUT2D eigenvalue weighted by molar-refractivity contribution is 1.72. The van der Waals surface area contributed by atoms with Crippen LogP contribution in [0.4, 0.5) is 0 Å². The van der Waals surface area contributed by atoms with E-state index in [4.69, 9.17) is 0 Å². The molecule has 0 atom stereocenters. The smallest absolute Gasteiger partial charge is 0.00235 e. The van der Waals surface area contributed by atoms with E-state index in [0.29, 0.717) is 0 Å². The van der Waals surface area contributed by atoms with Crippen LogP contribution >= 0.6 is 0 Å². The Morgan fingerprint density at radius 3 is 2.38 bits per heavy atom. The number of allylic oxidation sites excluding steroid dienone is 1. The molecule has 0 heterocycles. The van der Waals surface area contributed by atoms with Gasteiger partial charge in [0.05, 0.1) is 0 Å². The van der Waals surface area contributed by atoms with Crippen molar-refractivity contribution in [2.75, 3.05) is 0 Å². The molecule has 0 aromatic heterocycles. The summed E-state index contributed by atoms with van der Waals surface area (Å²) in [5.41, 5.74) is 4.16. The molecule has 0 bridgehead atoms. The minimum atomic E-state index is 1.32. The highest BCUT2D eigenvalue weighted by Gasteiger charge is 2.18. The van der Waals surface area contributed by atoms with Gasteiger partial charge in [0.15, 0.2) is 0 Å². The van der Waals surface area contributed by atoms with Gasteiger partial charge < -0.3 is 0 Å². The van der Waals surface area contributed by atoms with Gasteiger partial charge in [-0.1, -0.05) is 60.7 Å². The Bertz CT molecular complexity index is 1080. The molecule has 0 unspecified atom stereocenters. The van der Waals surface area contributed by atoms with Crippen LogP contribution in [0.5, 0.6) is 0 Å². The summed E-state index contributed by atoms with van der Waals surface area (Å²) >= 11 is 0. The lowest BCUT2D eigenvalue weighted by Crippen LogP contribution is -1.86. The Labute approximate surface area is 123 Å². The summed E-state index contributed by atoms with van der Waals surface area (Å²) in [6.07, 6.45) is 2.32. The second kappa shape index (κ2) is 3.73. The number of fused-ring (bicyclic) bond motifs is 4. The predicted molar refractivity (Wildman–Crippen MR) is 92.5 cm³/mol. The Balaban J connectivity index is 2.16. The third-order valence-corrected chi connectivity index (χ3v) is 4.67. The zero-order valence-corrected chi connectivity index (χ0v) is 11.9. The molecular formula is C21H14. The van der Waals surface area contributed by atoms with Crippen molar-refractivity contribution in [1.29, 1.82) is 0 Å². The summed E-state index contributed by atoms with van der Waals surface area (Å²) in [6, 6.07) is 22.1. The highest BCUT2D eigenvalue weighted by Crippen LogP contribution is 2.43. The van der Waals surface area contributed by atoms with E-state index >= 15 is 0 Å². The van der Waals surface area contributed by atoms with Crippen LogP contribution in [0.15, 0.2) is 60.7 Å². The molecule has 0 radical (unpaired) electrons. The third kappa shape index (κ3) is 1.34. The molecule has 4 aromatic rings. The Hall–Kier alpha value is -2.60. The van der Waals surface area contributed by atoms with Crippen LogP contribution in [0.1, 0.15) is 18.1 Å². The van der Waals surface area contributed by atoms with Crippen molar-refractivity contribution in [2.45, 2.75) is 6.92 Å². The van der Waals surface area contributed by atoms with Gasteiger partial charge >= 0.3 is 0 Å². The summed E-state index contributed by atoms with van der Waals surface area (Å²) in [6.45, 7) is 2.23. The van der Waals surface area contributed by atoms with Crippen molar-refractivity contribution in [1.82, 2.24) is 0 Å². The zero-order valence-electron chi connectivity index (χ0n) is 11.9. The SMILES string of the molecule is CC1=Cc2cccc3cc4ccc5ccccc5c4c1c23. The molecule has 21 heavy (non-hydrogen) atoms. The van der Waals surface area contributed by atoms with Gasteiger partial charge in [-0.15, -0.1) is 0 Å². The fraction of sp³-hybridized carbons (Fsp3) is 0.0476. The molecule has 0 amide bonds. The van der Waals surface area contributed by atoms with Crippen LogP contribution in [-0.4, -0.2) is 0 Å². The summed E-state index contributed by atoms with van der Waals surface area (Å²) in [4.78, 5) is 0. The number of hydrogen-bond donors (Lipinski definition) is 0. The van der Waals surface area contributed by atoms with Gasteiger partial charge in [0.25, 0.3) is 0 Å². The number of rotatable bonds is 0. The van der Waals surface area contributed by atoms with Crippen LogP contribution < -0.4 is 0 Å². The van der Waals surface area contributed by atoms with Gasteiger partial charge in [0, 0.05) is 0 Å². The van der Waals surface area contributed by atoms with E-state index < -0.39 is 0 Å². The molecule has 4 aromatic carbocycles. The maximum Gasteiger partial charge on any atom is -0.00235 e. The van der Waals surface area contributed by atoms with Crippen molar-refractivity contribution in [3.05, 3.63) is 71.8 Å². The maximum atomic E-state index is 2.33. The van der Waals surface area contributed by atoms with Gasteiger partial charge in [0.1, 0.15) is 0 Å². The first kappa shape index (κ1) is 11.1. The van der Waals surface area contributed by atoms with Crippen LogP contribution in [0.3, 0.4) is 0 Å². The average Bonchev–Trinajstić information content (AvgIpc) is 2.85. The summed E-state index contributed by atoms with van der Waals surface area (Å²) in [5.74, 6) is 0. The quantitative estimate of drug-likeness (QED) is 0.269. The van der Waals surface area contributed by atoms with Crippen LogP contribution in [0.25, 0.3) is 44.0 Å². The lowest BCUT2D eigenvalue weighted by atomic mass is 9.92. The molecule has 0 N–H and O–H groups in total. The minimum absolute atomic E-state index is 1.32. The molecule has 0 heteroatoms. The van der Waals surface area contributed by atoms with Gasteiger partial charge in [-0.2, -0.15) is 0 Å². The van der Waals surface area contributed by atoms with E-state index in [1.54, 1.807) is 0 Å². The molecule has 0 fully saturated rings. The van der Waals surface area contributed by atoms with E-state index in [0.717, 1.165) is 0 Å². The van der Waals surface area contributed by atoms with Crippen molar-refractivity contribution in [3.8, 4) is 0 Å². The lowest BCUT2D eigenvalue weighted by Gasteiger charge is -2.12. The standard InChI is InChI=1S/C21H14/c1-13-11-15-6-4-7-16-12-17-10-9-14-5-2-3-8-18(14)21(17)19(13)20(15)16/h2-12H,1H3. The summed E-state index contributed by atoms with van der Waals surface area (Å²) in [7, 11) is 0. The first-order chi connectivity index (χ1) is 10.3. The summed E-state index contributed by atoms with van der Waals surface area (Å²) < 4.78 is 0. The fourth-order valence-electron chi connectivity index (χ4n) is 3.80. The molecule has 0 nitrogen and oxygen atoms in total. The molecule has 0 saturated heterocycles. The number of hydrogen-bond acceptors (Lipinski definition) is 0. The fourth-order valence-corrected chi connectivity index (χ4v) is 3.80. The van der Waals surface area contributed by atoms with Gasteiger partial charge in [-0.05, 0) is 62.0 Å². The van der Waals surface area contributed by atoms with Crippen molar-refractivity contribution in [2.24, 2.45) is 0 Å². The highest BCUT2D eigenvalue weighted by molar-refractivity contribution is 6.23. The molecular weight excluding hydrogens is 252 g/mol. The molecule has 0 aliphatic heterocycles. The summed E-state index contributed by atoms with van der Waals surface area (Å²) in [5, 5.41) is 8.17. The van der Waals surface area contributed by atoms with E-state index in [9.17, 15) is 0 Å². The first-order valence-electron chi connectivity index (χ1n) is 7.39. The largest absolute Gasteiger partial charge is 0.0616 e. The van der Waals surface area contributed by atoms with Crippen LogP contribution in [-0.2, 0) is 0 Å². The molecule has 5 rings (SSSR count). The van der Waals surface area contributed by atoms with E-state index in [-0.39, 0.29) is 0 Å². The molecule has 1 aliphatic carbocycles. The van der Waals surface area contributed by atoms with Gasteiger partial charge in [0.2, 0.25) is 0 Å². The Morgan fingerprint density at radius 1 is 0.667 bits per heavy atom. The maximum absolute atomic E-state index is 2.33. The van der Waals surface area contributed by atoms with Crippen molar-refractivity contribution in [3.63, 3.8) is 0 Å². The van der Waals surface area contributed by atoms with Gasteiger partial charge in [-0.25, -0.2) is 0 Å². The topological polar surface area (TPSA) is 0 Å². The normalized spacial score (nSPS) is 13.3. The monoisotopic (exact) mass is 266 g/mol. The molecule has 98 valence electrons. The average molecular weight is 266 g/mol. The highest BCUT2D eigenvalue weighted by atomic mass is 14.2. The van der Waals surface area contributed by atoms with E-state index in [1.807, 2.05) is 0 Å². The minimum Gasteiger partial charge on any atom is -0.0616 e. The molecule has 0 saturated carbocycles. The zero-order chi connectivity index (χ0) is 14.0. The Kier molecular flexibility index (Phi) is 1.97. The molecule has 0 spiro atoms. The van der Waals surface area contributed by atoms with Crippen molar-refractivity contribution < 1.29 is 0 Å². The second-order valence-electron chi connectivity index (χ2n) is 5.91. The van der Waals surface area contributed by atoms with E-state index in [2.05, 4.69) is 73.7 Å². The first-order valence-corrected chi connectivity index (χ1v) is 7.39. The Morgan fingerprint density at radius 2 is 1.43 bits per heavy atom. The second-order valence-corrected chi connectivity index (χ2v) is 5.91. The number of benzene rings is 4. The van der Waals surface area contributed by atoms with Crippen molar-refractivity contribution >= 4 is 44.0 Å². The van der Waals surface area contributed by atoms with Crippen LogP contribution in [0, 0.1) is 0 Å².